The summed E-state index contributed by atoms with van der Waals surface area (Å²) >= 11 is 6.06. The molecule has 0 unspecified atom stereocenters. The van der Waals surface area contributed by atoms with Crippen molar-refractivity contribution in [2.24, 2.45) is 0 Å². The number of carbonyl (C=O) groups is 1. The minimum atomic E-state index is -2.65. The monoisotopic (exact) mass is 345 g/mol. The molecule has 2 N–H and O–H groups in total. The number of piperidine rings is 1. The van der Waals surface area contributed by atoms with Crippen molar-refractivity contribution < 1.29 is 18.0 Å². The van der Waals surface area contributed by atoms with Gasteiger partial charge in [0.1, 0.15) is 16.7 Å². The predicted octanol–water partition coefficient (Wildman–Crippen LogP) is 2.88. The number of alkyl halides is 2. The van der Waals surface area contributed by atoms with Gasteiger partial charge < -0.3 is 10.2 Å². The Kier molecular flexibility index (Phi) is 5.65. The highest BCUT2D eigenvalue weighted by Crippen LogP contribution is 2.21. The van der Waals surface area contributed by atoms with Gasteiger partial charge in [-0.15, -0.1) is 0 Å². The van der Waals surface area contributed by atoms with Crippen molar-refractivity contribution in [3.05, 3.63) is 46.4 Å². The van der Waals surface area contributed by atoms with E-state index in [9.17, 15) is 18.0 Å². The molecule has 0 saturated carbocycles. The summed E-state index contributed by atoms with van der Waals surface area (Å²) in [7, 11) is 0. The first kappa shape index (κ1) is 17.3. The van der Waals surface area contributed by atoms with E-state index in [0.29, 0.717) is 5.56 Å². The van der Waals surface area contributed by atoms with Gasteiger partial charge in [0.05, 0.1) is 6.54 Å². The van der Waals surface area contributed by atoms with Crippen LogP contribution in [0.2, 0.25) is 0 Å². The molecule has 1 aliphatic rings. The molecule has 0 bridgehead atoms. The number of nitrogens with zero attached hydrogens (tertiary/aromatic N) is 1. The number of amides is 1. The number of nitrogens with one attached hydrogen (secondary N) is 2. The number of hydrogen-bond donors (Lipinski definition) is 2. The Balaban J connectivity index is 2.05. The summed E-state index contributed by atoms with van der Waals surface area (Å²) in [5.41, 5.74) is 0.223. The summed E-state index contributed by atoms with van der Waals surface area (Å²) in [6.07, 6.45) is -2.45. The third-order valence-corrected chi connectivity index (χ3v) is 3.81. The fourth-order valence-corrected chi connectivity index (χ4v) is 2.50. The molecular formula is C15H15ClF3N3O. The summed E-state index contributed by atoms with van der Waals surface area (Å²) in [4.78, 5) is 12.8. The molecular weight excluding hydrogens is 331 g/mol. The van der Waals surface area contributed by atoms with Crippen LogP contribution in [0.15, 0.2) is 35.0 Å². The highest BCUT2D eigenvalue weighted by molar-refractivity contribution is 6.47. The van der Waals surface area contributed by atoms with Crippen molar-refractivity contribution in [3.8, 4) is 0 Å². The Morgan fingerprint density at radius 3 is 2.74 bits per heavy atom. The fourth-order valence-electron chi connectivity index (χ4n) is 2.24. The highest BCUT2D eigenvalue weighted by atomic mass is 35.5. The maximum Gasteiger partial charge on any atom is 0.272 e. The zero-order chi connectivity index (χ0) is 17.0. The van der Waals surface area contributed by atoms with E-state index in [0.717, 1.165) is 4.90 Å². The summed E-state index contributed by atoms with van der Waals surface area (Å²) in [6, 6.07) is 6.13. The second-order valence-electron chi connectivity index (χ2n) is 5.00. The zero-order valence-corrected chi connectivity index (χ0v) is 12.8. The van der Waals surface area contributed by atoms with Crippen LogP contribution < -0.4 is 5.32 Å². The Hall–Kier alpha value is -2.02. The van der Waals surface area contributed by atoms with Crippen molar-refractivity contribution in [3.63, 3.8) is 0 Å². The Bertz CT molecular complexity index is 649. The molecule has 4 nitrogen and oxygen atoms in total. The fraction of sp³-hybridized carbons (Fsp3) is 0.333. The van der Waals surface area contributed by atoms with Crippen molar-refractivity contribution >= 4 is 23.2 Å². The Labute approximate surface area is 136 Å². The van der Waals surface area contributed by atoms with Gasteiger partial charge in [-0.05, 0) is 12.5 Å². The molecule has 2 rings (SSSR count). The summed E-state index contributed by atoms with van der Waals surface area (Å²) in [6.45, 7) is -0.537. The van der Waals surface area contributed by atoms with Gasteiger partial charge in [-0.2, -0.15) is 0 Å². The average molecular weight is 346 g/mol. The maximum atomic E-state index is 13.5. The molecule has 0 radical (unpaired) electrons. The van der Waals surface area contributed by atoms with Gasteiger partial charge >= 0.3 is 0 Å². The molecule has 8 heteroatoms. The molecule has 0 spiro atoms. The lowest BCUT2D eigenvalue weighted by atomic mass is 10.0. The standard InChI is InChI=1S/C15H15ClF3N3O/c16-14(21-7-9-3-1-2-4-11(9)17)10-5-6-22(8-12(18)19)15(23)13(10)20/h1-4,12,20-21H,5-8H2/b14-10-,20-13?. The van der Waals surface area contributed by atoms with Crippen LogP contribution in [0.4, 0.5) is 13.2 Å². The molecule has 0 aliphatic carbocycles. The van der Waals surface area contributed by atoms with Gasteiger partial charge in [-0.3, -0.25) is 10.2 Å². The van der Waals surface area contributed by atoms with Gasteiger partial charge in [0.15, 0.2) is 0 Å². The molecule has 23 heavy (non-hydrogen) atoms. The maximum absolute atomic E-state index is 13.5. The van der Waals surface area contributed by atoms with Crippen LogP contribution in [0.3, 0.4) is 0 Å². The molecule has 0 aromatic heterocycles. The van der Waals surface area contributed by atoms with Crippen molar-refractivity contribution in [2.75, 3.05) is 13.1 Å². The van der Waals surface area contributed by atoms with Gasteiger partial charge in [0, 0.05) is 24.2 Å². The smallest absolute Gasteiger partial charge is 0.272 e. The van der Waals surface area contributed by atoms with Gasteiger partial charge in [0.2, 0.25) is 0 Å². The lowest BCUT2D eigenvalue weighted by Crippen LogP contribution is -2.45. The molecule has 1 aliphatic heterocycles. The molecule has 124 valence electrons. The van der Waals surface area contributed by atoms with Crippen LogP contribution in [0.1, 0.15) is 12.0 Å². The Morgan fingerprint density at radius 1 is 1.39 bits per heavy atom. The topological polar surface area (TPSA) is 56.2 Å². The first-order valence-electron chi connectivity index (χ1n) is 6.92. The van der Waals surface area contributed by atoms with Crippen LogP contribution in [0, 0.1) is 11.2 Å². The van der Waals surface area contributed by atoms with Crippen LogP contribution in [0.25, 0.3) is 0 Å². The third-order valence-electron chi connectivity index (χ3n) is 3.45. The molecule has 0 atom stereocenters. The molecule has 1 aromatic rings. The number of hydrogen-bond acceptors (Lipinski definition) is 3. The highest BCUT2D eigenvalue weighted by Gasteiger charge is 2.30. The summed E-state index contributed by atoms with van der Waals surface area (Å²) in [5, 5.41) is 10.6. The SMILES string of the molecule is N=C1C(=O)N(CC(F)F)CC/C1=C(\Cl)NCc1ccccc1F. The van der Waals surface area contributed by atoms with Gasteiger partial charge in [-0.1, -0.05) is 29.8 Å². The number of benzene rings is 1. The largest absolute Gasteiger partial charge is 0.371 e. The normalized spacial score (nSPS) is 17.7. The van der Waals surface area contributed by atoms with Crippen molar-refractivity contribution in [1.29, 1.82) is 5.41 Å². The second-order valence-corrected chi connectivity index (χ2v) is 5.38. The average Bonchev–Trinajstić information content (AvgIpc) is 2.50. The van der Waals surface area contributed by atoms with Gasteiger partial charge in [0.25, 0.3) is 12.3 Å². The molecule has 1 amide bonds. The van der Waals surface area contributed by atoms with Crippen LogP contribution in [-0.4, -0.2) is 36.0 Å². The molecule has 1 saturated heterocycles. The van der Waals surface area contributed by atoms with Crippen molar-refractivity contribution in [1.82, 2.24) is 10.2 Å². The van der Waals surface area contributed by atoms with E-state index in [4.69, 9.17) is 17.0 Å². The lowest BCUT2D eigenvalue weighted by Gasteiger charge is -2.29. The number of rotatable bonds is 5. The number of likely N-dealkylation sites (tertiary alicyclic amines) is 1. The quantitative estimate of drug-likeness (QED) is 0.806. The lowest BCUT2D eigenvalue weighted by molar-refractivity contribution is -0.126. The summed E-state index contributed by atoms with van der Waals surface area (Å²) in [5.74, 6) is -1.18. The predicted molar refractivity (Wildman–Crippen MR) is 81.0 cm³/mol. The number of halogens is 4. The zero-order valence-electron chi connectivity index (χ0n) is 12.1. The van der Waals surface area contributed by atoms with E-state index >= 15 is 0 Å². The minimum Gasteiger partial charge on any atom is -0.371 e. The number of carbonyl (C=O) groups excluding carboxylic acids is 1. The van der Waals surface area contributed by atoms with Crippen LogP contribution in [0.5, 0.6) is 0 Å². The summed E-state index contributed by atoms with van der Waals surface area (Å²) < 4.78 is 38.3. The van der Waals surface area contributed by atoms with Gasteiger partial charge in [-0.25, -0.2) is 13.2 Å². The minimum absolute atomic E-state index is 0.0586. The van der Waals surface area contributed by atoms with E-state index in [1.807, 2.05) is 0 Å². The third kappa shape index (κ3) is 4.25. The van der Waals surface area contributed by atoms with Crippen LogP contribution >= 0.6 is 11.6 Å². The van der Waals surface area contributed by atoms with E-state index in [1.165, 1.54) is 6.07 Å². The van der Waals surface area contributed by atoms with Crippen molar-refractivity contribution in [2.45, 2.75) is 19.4 Å². The molecule has 1 heterocycles. The van der Waals surface area contributed by atoms with E-state index in [1.54, 1.807) is 18.2 Å². The Morgan fingerprint density at radius 2 is 2.09 bits per heavy atom. The molecule has 1 fully saturated rings. The molecule has 1 aromatic carbocycles. The van der Waals surface area contributed by atoms with Crippen LogP contribution in [-0.2, 0) is 11.3 Å². The second kappa shape index (κ2) is 7.50. The first-order chi connectivity index (χ1) is 10.9. The first-order valence-corrected chi connectivity index (χ1v) is 7.30. The van der Waals surface area contributed by atoms with E-state index in [-0.39, 0.29) is 30.2 Å². The van der Waals surface area contributed by atoms with E-state index in [2.05, 4.69) is 5.32 Å². The van der Waals surface area contributed by atoms with E-state index < -0.39 is 30.4 Å².